The highest BCUT2D eigenvalue weighted by Crippen LogP contribution is 2.26. The van der Waals surface area contributed by atoms with E-state index >= 15 is 0 Å². The second-order valence-corrected chi connectivity index (χ2v) is 5.26. The monoisotopic (exact) mass is 299 g/mol. The highest BCUT2D eigenvalue weighted by molar-refractivity contribution is 5.75. The number of pyridine rings is 1. The first-order valence-corrected chi connectivity index (χ1v) is 6.98. The molecule has 3 aromatic rings. The summed E-state index contributed by atoms with van der Waals surface area (Å²) in [5.74, 6) is 0. The molecule has 0 aliphatic rings. The molecule has 0 bridgehead atoms. The van der Waals surface area contributed by atoms with Crippen LogP contribution in [0.15, 0.2) is 39.5 Å². The number of para-hydroxylation sites is 2. The predicted molar refractivity (Wildman–Crippen MR) is 84.5 cm³/mol. The average Bonchev–Trinajstić information content (AvgIpc) is 2.90. The predicted octanol–water partition coefficient (Wildman–Crippen LogP) is 2.65. The van der Waals surface area contributed by atoms with E-state index < -0.39 is 6.10 Å². The first-order chi connectivity index (χ1) is 10.5. The fourth-order valence-corrected chi connectivity index (χ4v) is 2.42. The van der Waals surface area contributed by atoms with Crippen molar-refractivity contribution < 1.29 is 9.52 Å². The second kappa shape index (κ2) is 5.31. The van der Waals surface area contributed by atoms with E-state index in [4.69, 9.17) is 4.42 Å². The summed E-state index contributed by atoms with van der Waals surface area (Å²) < 4.78 is 5.67. The van der Waals surface area contributed by atoms with Gasteiger partial charge in [0.2, 0.25) is 0 Å². The van der Waals surface area contributed by atoms with Crippen molar-refractivity contribution in [2.75, 3.05) is 11.9 Å². The summed E-state index contributed by atoms with van der Waals surface area (Å²) in [6, 6.07) is 9.39. The molecule has 2 heterocycles. The van der Waals surface area contributed by atoms with Crippen LogP contribution in [-0.2, 0) is 0 Å². The molecule has 0 fully saturated rings. The molecule has 6 nitrogen and oxygen atoms in total. The Kier molecular flexibility index (Phi) is 3.46. The van der Waals surface area contributed by atoms with Crippen LogP contribution < -0.4 is 10.5 Å². The number of H-pyrrole nitrogens is 1. The van der Waals surface area contributed by atoms with Crippen LogP contribution >= 0.6 is 0 Å². The number of oxazole rings is 1. The van der Waals surface area contributed by atoms with Crippen LogP contribution in [-0.4, -0.2) is 22.1 Å². The summed E-state index contributed by atoms with van der Waals surface area (Å²) in [4.78, 5) is 20.9. The number of aliphatic hydroxyl groups is 1. The number of nitrogens with one attached hydrogen (secondary N) is 1. The van der Waals surface area contributed by atoms with Crippen LogP contribution in [0.2, 0.25) is 0 Å². The molecule has 0 aliphatic carbocycles. The van der Waals surface area contributed by atoms with Gasteiger partial charge in [0, 0.05) is 18.3 Å². The summed E-state index contributed by atoms with van der Waals surface area (Å²) in [5.41, 5.74) is 2.80. The number of aliphatic hydroxyl groups excluding tert-OH is 1. The summed E-state index contributed by atoms with van der Waals surface area (Å²) in [7, 11) is 1.70. The zero-order valence-electron chi connectivity index (χ0n) is 12.6. The zero-order valence-corrected chi connectivity index (χ0v) is 12.6. The Morgan fingerprint density at radius 1 is 1.36 bits per heavy atom. The van der Waals surface area contributed by atoms with Crippen molar-refractivity contribution in [3.05, 3.63) is 51.9 Å². The Balaban J connectivity index is 2.09. The number of anilines is 2. The molecule has 0 spiro atoms. The minimum atomic E-state index is -0.673. The van der Waals surface area contributed by atoms with Gasteiger partial charge < -0.3 is 14.5 Å². The first-order valence-electron chi connectivity index (χ1n) is 6.98. The fraction of sp³-hybridized carbons (Fsp3) is 0.250. The van der Waals surface area contributed by atoms with Crippen molar-refractivity contribution in [1.82, 2.24) is 9.97 Å². The molecule has 0 amide bonds. The Bertz CT molecular complexity index is 847. The number of hydrogen-bond donors (Lipinski definition) is 2. The van der Waals surface area contributed by atoms with Gasteiger partial charge in [-0.15, -0.1) is 0 Å². The molecule has 2 aromatic heterocycles. The summed E-state index contributed by atoms with van der Waals surface area (Å²) in [6.07, 6.45) is -0.673. The van der Waals surface area contributed by atoms with Crippen molar-refractivity contribution >= 4 is 22.8 Å². The van der Waals surface area contributed by atoms with E-state index in [-0.39, 0.29) is 5.56 Å². The van der Waals surface area contributed by atoms with Crippen LogP contribution in [0.1, 0.15) is 24.3 Å². The number of aromatic nitrogens is 2. The van der Waals surface area contributed by atoms with Crippen LogP contribution in [0.5, 0.6) is 0 Å². The highest BCUT2D eigenvalue weighted by Gasteiger charge is 2.17. The van der Waals surface area contributed by atoms with Crippen molar-refractivity contribution in [2.24, 2.45) is 0 Å². The molecule has 0 aliphatic heterocycles. The van der Waals surface area contributed by atoms with E-state index in [2.05, 4.69) is 9.97 Å². The van der Waals surface area contributed by atoms with Crippen LogP contribution in [0, 0.1) is 6.92 Å². The van der Waals surface area contributed by atoms with Gasteiger partial charge >= 0.3 is 6.01 Å². The molecule has 0 radical (unpaired) electrons. The maximum atomic E-state index is 12.2. The van der Waals surface area contributed by atoms with Crippen molar-refractivity contribution in [3.63, 3.8) is 0 Å². The fourth-order valence-electron chi connectivity index (χ4n) is 2.42. The van der Waals surface area contributed by atoms with Gasteiger partial charge in [0.15, 0.2) is 5.58 Å². The Hall–Kier alpha value is -2.60. The van der Waals surface area contributed by atoms with Gasteiger partial charge in [0.05, 0.1) is 6.10 Å². The average molecular weight is 299 g/mol. The number of fused-ring (bicyclic) bond motifs is 1. The molecular formula is C16H17N3O3. The van der Waals surface area contributed by atoms with Gasteiger partial charge in [-0.3, -0.25) is 9.69 Å². The highest BCUT2D eigenvalue weighted by atomic mass is 16.4. The van der Waals surface area contributed by atoms with Gasteiger partial charge in [0.1, 0.15) is 11.2 Å². The van der Waals surface area contributed by atoms with Crippen LogP contribution in [0.3, 0.4) is 0 Å². The molecule has 22 heavy (non-hydrogen) atoms. The second-order valence-electron chi connectivity index (χ2n) is 5.26. The smallest absolute Gasteiger partial charge is 0.302 e. The van der Waals surface area contributed by atoms with Crippen molar-refractivity contribution in [2.45, 2.75) is 20.0 Å². The SMILES string of the molecule is Cc1[nH]c(=O)c(N(C)c2nc3ccccc3o2)cc1C(C)O. The largest absolute Gasteiger partial charge is 0.423 e. The van der Waals surface area contributed by atoms with Crippen LogP contribution in [0.4, 0.5) is 11.7 Å². The van der Waals surface area contributed by atoms with E-state index in [1.54, 1.807) is 31.9 Å². The lowest BCUT2D eigenvalue weighted by molar-refractivity contribution is 0.198. The van der Waals surface area contributed by atoms with E-state index in [1.165, 1.54) is 0 Å². The van der Waals surface area contributed by atoms with Gasteiger partial charge in [-0.1, -0.05) is 12.1 Å². The number of benzene rings is 1. The Morgan fingerprint density at radius 3 is 2.77 bits per heavy atom. The standard InChI is InChI=1S/C16H17N3O3/c1-9-11(10(2)20)8-13(15(21)17-9)19(3)16-18-12-6-4-5-7-14(12)22-16/h4-8,10,20H,1-3H3,(H,17,21). The van der Waals surface area contributed by atoms with E-state index in [1.807, 2.05) is 24.3 Å². The molecular weight excluding hydrogens is 282 g/mol. The topological polar surface area (TPSA) is 82.4 Å². The molecule has 1 atom stereocenters. The summed E-state index contributed by atoms with van der Waals surface area (Å²) >= 11 is 0. The number of aryl methyl sites for hydroxylation is 1. The van der Waals surface area contributed by atoms with E-state index in [0.717, 1.165) is 5.52 Å². The molecule has 1 unspecified atom stereocenters. The quantitative estimate of drug-likeness (QED) is 0.777. The molecule has 3 rings (SSSR count). The third-order valence-electron chi connectivity index (χ3n) is 3.64. The number of aromatic amines is 1. The third kappa shape index (κ3) is 2.37. The van der Waals surface area contributed by atoms with Crippen molar-refractivity contribution in [3.8, 4) is 0 Å². The van der Waals surface area contributed by atoms with E-state index in [0.29, 0.717) is 28.5 Å². The van der Waals surface area contributed by atoms with Gasteiger partial charge in [0.25, 0.3) is 5.56 Å². The Morgan fingerprint density at radius 2 is 2.09 bits per heavy atom. The van der Waals surface area contributed by atoms with Crippen LogP contribution in [0.25, 0.3) is 11.1 Å². The summed E-state index contributed by atoms with van der Waals surface area (Å²) in [5, 5.41) is 9.81. The third-order valence-corrected chi connectivity index (χ3v) is 3.64. The maximum Gasteiger partial charge on any atom is 0.302 e. The zero-order chi connectivity index (χ0) is 15.9. The molecule has 1 aromatic carbocycles. The number of nitrogens with zero attached hydrogens (tertiary/aromatic N) is 2. The normalized spacial score (nSPS) is 12.5. The maximum absolute atomic E-state index is 12.2. The van der Waals surface area contributed by atoms with Gasteiger partial charge in [-0.25, -0.2) is 0 Å². The molecule has 2 N–H and O–H groups in total. The minimum Gasteiger partial charge on any atom is -0.423 e. The molecule has 6 heteroatoms. The lowest BCUT2D eigenvalue weighted by Gasteiger charge is -2.17. The number of hydrogen-bond acceptors (Lipinski definition) is 5. The first kappa shape index (κ1) is 14.3. The Labute approximate surface area is 127 Å². The van der Waals surface area contributed by atoms with E-state index in [9.17, 15) is 9.90 Å². The van der Waals surface area contributed by atoms with Gasteiger partial charge in [-0.2, -0.15) is 4.98 Å². The van der Waals surface area contributed by atoms with Gasteiger partial charge in [-0.05, 0) is 32.0 Å². The summed E-state index contributed by atoms with van der Waals surface area (Å²) in [6.45, 7) is 3.41. The molecule has 114 valence electrons. The molecule has 0 saturated heterocycles. The minimum absolute atomic E-state index is 0.258. The molecule has 0 saturated carbocycles. The number of rotatable bonds is 3. The lowest BCUT2D eigenvalue weighted by atomic mass is 10.1. The lowest BCUT2D eigenvalue weighted by Crippen LogP contribution is -2.22. The van der Waals surface area contributed by atoms with Crippen molar-refractivity contribution in [1.29, 1.82) is 0 Å².